The summed E-state index contributed by atoms with van der Waals surface area (Å²) in [5.74, 6) is -0.251. The number of nitrogens with zero attached hydrogens (tertiary/aromatic N) is 1. The van der Waals surface area contributed by atoms with Gasteiger partial charge in [0.1, 0.15) is 5.69 Å². The second-order valence-corrected chi connectivity index (χ2v) is 6.40. The third-order valence-corrected chi connectivity index (χ3v) is 4.77. The number of benzene rings is 1. The van der Waals surface area contributed by atoms with Gasteiger partial charge in [-0.05, 0) is 12.0 Å². The Bertz CT molecular complexity index is 769. The van der Waals surface area contributed by atoms with Crippen LogP contribution in [0.5, 0.6) is 0 Å². The van der Waals surface area contributed by atoms with E-state index in [1.807, 2.05) is 18.2 Å². The van der Waals surface area contributed by atoms with E-state index in [1.54, 1.807) is 0 Å². The van der Waals surface area contributed by atoms with E-state index >= 15 is 0 Å². The predicted molar refractivity (Wildman–Crippen MR) is 87.8 cm³/mol. The molecule has 1 amide bonds. The lowest BCUT2D eigenvalue weighted by Crippen LogP contribution is -2.43. The number of H-pyrrole nitrogens is 2. The third kappa shape index (κ3) is 3.00. The highest BCUT2D eigenvalue weighted by atomic mass is 16.5. The molecule has 2 aliphatic rings. The fourth-order valence-corrected chi connectivity index (χ4v) is 3.57. The van der Waals surface area contributed by atoms with Crippen molar-refractivity contribution in [2.75, 3.05) is 19.7 Å². The van der Waals surface area contributed by atoms with Crippen LogP contribution in [0.25, 0.3) is 0 Å². The zero-order valence-electron chi connectivity index (χ0n) is 13.2. The quantitative estimate of drug-likeness (QED) is 0.771. The van der Waals surface area contributed by atoms with Gasteiger partial charge in [-0.25, -0.2) is 4.79 Å². The van der Waals surface area contributed by atoms with Crippen molar-refractivity contribution in [3.05, 3.63) is 58.3 Å². The molecule has 7 nitrogen and oxygen atoms in total. The average Bonchev–Trinajstić information content (AvgIpc) is 3.20. The molecule has 3 N–H and O–H groups in total. The summed E-state index contributed by atoms with van der Waals surface area (Å²) in [5.41, 5.74) is 1.08. The number of carbonyl (C=O) groups excluding carboxylic acids is 1. The summed E-state index contributed by atoms with van der Waals surface area (Å²) in [7, 11) is 0. The summed E-state index contributed by atoms with van der Waals surface area (Å²) in [6.07, 6.45) is 2.34. The van der Waals surface area contributed by atoms with E-state index in [1.165, 1.54) is 11.8 Å². The molecule has 0 bridgehead atoms. The van der Waals surface area contributed by atoms with Crippen molar-refractivity contribution in [1.82, 2.24) is 20.2 Å². The molecule has 4 rings (SSSR count). The minimum Gasteiger partial charge on any atom is -0.371 e. The Balaban J connectivity index is 1.37. The Labute approximate surface area is 139 Å². The lowest BCUT2D eigenvalue weighted by molar-refractivity contribution is -0.0502. The monoisotopic (exact) mass is 328 g/mol. The summed E-state index contributed by atoms with van der Waals surface area (Å²) < 4.78 is 6.01. The van der Waals surface area contributed by atoms with Crippen molar-refractivity contribution in [1.29, 1.82) is 0 Å². The van der Waals surface area contributed by atoms with E-state index in [4.69, 9.17) is 4.74 Å². The number of amides is 1. The van der Waals surface area contributed by atoms with Gasteiger partial charge in [-0.1, -0.05) is 30.3 Å². The molecule has 126 valence electrons. The van der Waals surface area contributed by atoms with Gasteiger partial charge in [0.05, 0.1) is 12.7 Å². The molecule has 1 aromatic carbocycles. The number of rotatable bonds is 3. The molecule has 3 atom stereocenters. The fraction of sp³-hybridized carbons (Fsp3) is 0.412. The number of ether oxygens (including phenoxy) is 1. The first kappa shape index (κ1) is 15.2. The van der Waals surface area contributed by atoms with Crippen LogP contribution in [0.3, 0.4) is 0 Å². The van der Waals surface area contributed by atoms with E-state index in [2.05, 4.69) is 32.3 Å². The Morgan fingerprint density at radius 3 is 2.83 bits per heavy atom. The molecule has 0 aliphatic carbocycles. The highest BCUT2D eigenvalue weighted by Crippen LogP contribution is 2.30. The Kier molecular flexibility index (Phi) is 3.95. The molecule has 0 saturated carbocycles. The first-order chi connectivity index (χ1) is 11.7. The molecule has 2 fully saturated rings. The predicted octanol–water partition coefficient (Wildman–Crippen LogP) is 0.647. The smallest absolute Gasteiger partial charge is 0.323 e. The van der Waals surface area contributed by atoms with Gasteiger partial charge in [-0.15, -0.1) is 0 Å². The fourth-order valence-electron chi connectivity index (χ4n) is 3.57. The van der Waals surface area contributed by atoms with E-state index in [0.717, 1.165) is 19.5 Å². The standard InChI is InChI=1S/C17H20N4O3/c22-16(14-7-18-17(23)20-14)19-12-6-13-10-24-15(9-21(13)8-12)11-4-2-1-3-5-11/h1-5,7,12-13,15H,6,8-10H2,(H,19,22)(H2,18,20,23)/t12-,13+,15-/m1/s1. The molecule has 2 aromatic rings. The van der Waals surface area contributed by atoms with Crippen molar-refractivity contribution >= 4 is 5.91 Å². The van der Waals surface area contributed by atoms with Crippen LogP contribution in [-0.4, -0.2) is 52.6 Å². The van der Waals surface area contributed by atoms with Crippen LogP contribution in [0.15, 0.2) is 41.3 Å². The lowest BCUT2D eigenvalue weighted by Gasteiger charge is -2.35. The second kappa shape index (κ2) is 6.26. The average molecular weight is 328 g/mol. The van der Waals surface area contributed by atoms with Crippen molar-refractivity contribution in [3.63, 3.8) is 0 Å². The maximum atomic E-state index is 12.2. The second-order valence-electron chi connectivity index (χ2n) is 6.40. The normalized spacial score (nSPS) is 26.9. The molecular formula is C17H20N4O3. The van der Waals surface area contributed by atoms with Crippen molar-refractivity contribution in [2.24, 2.45) is 0 Å². The molecule has 24 heavy (non-hydrogen) atoms. The summed E-state index contributed by atoms with van der Waals surface area (Å²) >= 11 is 0. The molecule has 1 aromatic heterocycles. The van der Waals surface area contributed by atoms with E-state index in [9.17, 15) is 9.59 Å². The first-order valence-corrected chi connectivity index (χ1v) is 8.18. The SMILES string of the molecule is O=C(N[C@@H]1C[C@H]2CO[C@@H](c3ccccc3)CN2C1)c1c[nH]c(=O)[nH]1. The van der Waals surface area contributed by atoms with Crippen LogP contribution in [0.4, 0.5) is 0 Å². The van der Waals surface area contributed by atoms with Crippen molar-refractivity contribution in [3.8, 4) is 0 Å². The van der Waals surface area contributed by atoms with Gasteiger partial charge in [0.2, 0.25) is 0 Å². The minimum atomic E-state index is -0.372. The maximum Gasteiger partial charge on any atom is 0.323 e. The molecule has 7 heteroatoms. The molecule has 2 aliphatic heterocycles. The summed E-state index contributed by atoms with van der Waals surface area (Å²) in [6, 6.07) is 10.6. The first-order valence-electron chi connectivity index (χ1n) is 8.18. The molecule has 0 radical (unpaired) electrons. The van der Waals surface area contributed by atoms with Gasteiger partial charge in [0.15, 0.2) is 0 Å². The van der Waals surface area contributed by atoms with Gasteiger partial charge < -0.3 is 20.0 Å². The third-order valence-electron chi connectivity index (χ3n) is 4.77. The Hall–Kier alpha value is -2.38. The van der Waals surface area contributed by atoms with Crippen LogP contribution in [0.2, 0.25) is 0 Å². The zero-order chi connectivity index (χ0) is 16.5. The van der Waals surface area contributed by atoms with Crippen LogP contribution in [0, 0.1) is 0 Å². The number of morpholine rings is 1. The van der Waals surface area contributed by atoms with Crippen LogP contribution in [-0.2, 0) is 4.74 Å². The van der Waals surface area contributed by atoms with Crippen molar-refractivity contribution < 1.29 is 9.53 Å². The number of aromatic amines is 2. The van der Waals surface area contributed by atoms with Gasteiger partial charge in [0.25, 0.3) is 5.91 Å². The number of carbonyl (C=O) groups is 1. The van der Waals surface area contributed by atoms with Gasteiger partial charge in [0, 0.05) is 31.4 Å². The number of hydrogen-bond donors (Lipinski definition) is 3. The summed E-state index contributed by atoms with van der Waals surface area (Å²) in [6.45, 7) is 2.31. The van der Waals surface area contributed by atoms with Crippen LogP contribution >= 0.6 is 0 Å². The van der Waals surface area contributed by atoms with Gasteiger partial charge in [-0.3, -0.25) is 9.69 Å². The molecule has 3 heterocycles. The Morgan fingerprint density at radius 1 is 1.25 bits per heavy atom. The lowest BCUT2D eigenvalue weighted by atomic mass is 10.1. The largest absolute Gasteiger partial charge is 0.371 e. The van der Waals surface area contributed by atoms with E-state index in [0.29, 0.717) is 12.6 Å². The number of nitrogens with one attached hydrogen (secondary N) is 3. The number of hydrogen-bond acceptors (Lipinski definition) is 4. The summed E-state index contributed by atoms with van der Waals surface area (Å²) in [4.78, 5) is 30.6. The minimum absolute atomic E-state index is 0.0685. The number of fused-ring (bicyclic) bond motifs is 1. The van der Waals surface area contributed by atoms with Gasteiger partial charge in [-0.2, -0.15) is 0 Å². The zero-order valence-corrected chi connectivity index (χ0v) is 13.2. The van der Waals surface area contributed by atoms with E-state index in [-0.39, 0.29) is 29.4 Å². The number of aromatic nitrogens is 2. The molecule has 0 spiro atoms. The maximum absolute atomic E-state index is 12.2. The summed E-state index contributed by atoms with van der Waals surface area (Å²) in [5, 5.41) is 2.99. The van der Waals surface area contributed by atoms with Crippen LogP contribution in [0.1, 0.15) is 28.6 Å². The Morgan fingerprint density at radius 2 is 2.08 bits per heavy atom. The highest BCUT2D eigenvalue weighted by molar-refractivity contribution is 5.92. The van der Waals surface area contributed by atoms with Gasteiger partial charge >= 0.3 is 5.69 Å². The van der Waals surface area contributed by atoms with E-state index < -0.39 is 0 Å². The van der Waals surface area contributed by atoms with Crippen molar-refractivity contribution in [2.45, 2.75) is 24.6 Å². The van der Waals surface area contributed by atoms with Crippen LogP contribution < -0.4 is 11.0 Å². The topological polar surface area (TPSA) is 90.2 Å². The highest BCUT2D eigenvalue weighted by Gasteiger charge is 2.38. The molecule has 2 saturated heterocycles. The number of imidazole rings is 1. The molecular weight excluding hydrogens is 308 g/mol. The molecule has 0 unspecified atom stereocenters.